The van der Waals surface area contributed by atoms with Crippen LogP contribution in [0.25, 0.3) is 0 Å². The van der Waals surface area contributed by atoms with Crippen molar-refractivity contribution in [3.05, 3.63) is 101 Å². The number of alkyl halides is 1. The summed E-state index contributed by atoms with van der Waals surface area (Å²) in [6.45, 7) is 6.07. The fourth-order valence-electron chi connectivity index (χ4n) is 3.21. The first-order valence-electron chi connectivity index (χ1n) is 8.66. The number of hydrogen-bond donors (Lipinski definition) is 0. The lowest BCUT2D eigenvalue weighted by atomic mass is 10.0. The van der Waals surface area contributed by atoms with E-state index in [2.05, 4.69) is 91.5 Å². The second-order valence-electron chi connectivity index (χ2n) is 6.52. The summed E-state index contributed by atoms with van der Waals surface area (Å²) in [6.07, 6.45) is 0. The van der Waals surface area contributed by atoms with E-state index in [-0.39, 0.29) is 0 Å². The third-order valence-corrected chi connectivity index (χ3v) is 4.88. The molecule has 0 amide bonds. The molecule has 0 radical (unpaired) electrons. The first kappa shape index (κ1) is 17.6. The lowest BCUT2D eigenvalue weighted by Crippen LogP contribution is -2.22. The fraction of sp³-hybridized carbons (Fsp3) is 0.217. The Morgan fingerprint density at radius 3 is 1.56 bits per heavy atom. The molecule has 1 nitrogen and oxygen atoms in total. The smallest absolute Gasteiger partial charge is 0.0479 e. The van der Waals surface area contributed by atoms with Gasteiger partial charge in [0.1, 0.15) is 0 Å². The Bertz CT molecular complexity index is 748. The molecule has 0 aliphatic rings. The van der Waals surface area contributed by atoms with Gasteiger partial charge in [-0.15, -0.1) is 11.6 Å². The number of aryl methyl sites for hydroxylation is 2. The monoisotopic (exact) mass is 349 g/mol. The summed E-state index contributed by atoms with van der Waals surface area (Å²) in [5, 5.41) is 0. The van der Waals surface area contributed by atoms with Gasteiger partial charge in [-0.3, -0.25) is 0 Å². The van der Waals surface area contributed by atoms with E-state index >= 15 is 0 Å². The van der Waals surface area contributed by atoms with E-state index in [0.29, 0.717) is 5.88 Å². The first-order chi connectivity index (χ1) is 12.2. The Morgan fingerprint density at radius 1 is 0.720 bits per heavy atom. The van der Waals surface area contributed by atoms with Crippen molar-refractivity contribution in [3.8, 4) is 0 Å². The van der Waals surface area contributed by atoms with E-state index in [1.54, 1.807) is 0 Å². The largest absolute Gasteiger partial charge is 0.363 e. The lowest BCUT2D eigenvalue weighted by Gasteiger charge is -2.27. The lowest BCUT2D eigenvalue weighted by molar-refractivity contribution is 0.798. The molecule has 3 rings (SSSR count). The van der Waals surface area contributed by atoms with Crippen molar-refractivity contribution in [2.24, 2.45) is 0 Å². The molecule has 0 spiro atoms. The molecule has 0 atom stereocenters. The highest BCUT2D eigenvalue weighted by molar-refractivity contribution is 6.17. The average molecular weight is 350 g/mol. The third-order valence-electron chi connectivity index (χ3n) is 4.61. The second kappa shape index (κ2) is 8.22. The van der Waals surface area contributed by atoms with Gasteiger partial charge in [0.2, 0.25) is 0 Å². The maximum Gasteiger partial charge on any atom is 0.0479 e. The van der Waals surface area contributed by atoms with Gasteiger partial charge < -0.3 is 4.90 Å². The van der Waals surface area contributed by atoms with Crippen molar-refractivity contribution >= 4 is 17.3 Å². The Hall–Kier alpha value is -2.25. The maximum atomic E-state index is 6.12. The van der Waals surface area contributed by atoms with Crippen LogP contribution in [0.5, 0.6) is 0 Å². The summed E-state index contributed by atoms with van der Waals surface area (Å²) in [6, 6.07) is 25.8. The number of nitrogens with zero attached hydrogens (tertiary/aromatic N) is 1. The molecule has 0 N–H and O–H groups in total. The van der Waals surface area contributed by atoms with Gasteiger partial charge in [-0.25, -0.2) is 0 Å². The predicted octanol–water partition coefficient (Wildman–Crippen LogP) is 6.25. The topological polar surface area (TPSA) is 3.24 Å². The van der Waals surface area contributed by atoms with Gasteiger partial charge in [0.15, 0.2) is 0 Å². The van der Waals surface area contributed by atoms with Crippen molar-refractivity contribution in [2.45, 2.75) is 32.8 Å². The minimum atomic E-state index is 0.565. The van der Waals surface area contributed by atoms with Crippen LogP contribution in [0.4, 0.5) is 5.69 Å². The molecule has 0 aliphatic heterocycles. The highest BCUT2D eigenvalue weighted by Gasteiger charge is 2.12. The Balaban J connectivity index is 1.95. The zero-order chi connectivity index (χ0) is 17.6. The molecule has 3 aromatic carbocycles. The normalized spacial score (nSPS) is 10.7. The van der Waals surface area contributed by atoms with Gasteiger partial charge in [-0.1, -0.05) is 60.7 Å². The summed E-state index contributed by atoms with van der Waals surface area (Å²) in [4.78, 5) is 2.43. The summed E-state index contributed by atoms with van der Waals surface area (Å²) >= 11 is 6.12. The van der Waals surface area contributed by atoms with Crippen molar-refractivity contribution in [1.82, 2.24) is 0 Å². The molecule has 0 unspecified atom stereocenters. The third kappa shape index (κ3) is 4.43. The number of benzene rings is 3. The number of anilines is 1. The minimum absolute atomic E-state index is 0.565. The fourth-order valence-corrected chi connectivity index (χ4v) is 3.63. The van der Waals surface area contributed by atoms with Crippen LogP contribution in [0.2, 0.25) is 0 Å². The van der Waals surface area contributed by atoms with Crippen LogP contribution in [-0.2, 0) is 19.0 Å². The molecule has 2 heteroatoms. The van der Waals surface area contributed by atoms with Crippen LogP contribution >= 0.6 is 11.6 Å². The Kier molecular flexibility index (Phi) is 5.78. The minimum Gasteiger partial charge on any atom is -0.363 e. The van der Waals surface area contributed by atoms with Crippen LogP contribution in [0.3, 0.4) is 0 Å². The molecule has 0 saturated heterocycles. The molecule has 0 aliphatic carbocycles. The van der Waals surface area contributed by atoms with E-state index in [9.17, 15) is 0 Å². The zero-order valence-corrected chi connectivity index (χ0v) is 15.6. The van der Waals surface area contributed by atoms with E-state index in [1.165, 1.54) is 33.5 Å². The van der Waals surface area contributed by atoms with Gasteiger partial charge in [-0.05, 0) is 53.8 Å². The zero-order valence-electron chi connectivity index (χ0n) is 14.9. The molecule has 25 heavy (non-hydrogen) atoms. The molecule has 0 saturated carbocycles. The molecular weight excluding hydrogens is 326 g/mol. The van der Waals surface area contributed by atoms with Gasteiger partial charge in [0.05, 0.1) is 0 Å². The molecular formula is C23H24ClN. The molecule has 3 aromatic rings. The average Bonchev–Trinajstić information content (AvgIpc) is 2.63. The second-order valence-corrected chi connectivity index (χ2v) is 6.79. The molecule has 128 valence electrons. The first-order valence-corrected chi connectivity index (χ1v) is 9.19. The van der Waals surface area contributed by atoms with Gasteiger partial charge >= 0.3 is 0 Å². The summed E-state index contributed by atoms with van der Waals surface area (Å²) < 4.78 is 0. The van der Waals surface area contributed by atoms with E-state index in [4.69, 9.17) is 11.6 Å². The van der Waals surface area contributed by atoms with Crippen molar-refractivity contribution in [1.29, 1.82) is 0 Å². The van der Waals surface area contributed by atoms with E-state index in [0.717, 1.165) is 13.1 Å². The Morgan fingerprint density at radius 2 is 1.16 bits per heavy atom. The van der Waals surface area contributed by atoms with Crippen LogP contribution in [0.1, 0.15) is 27.8 Å². The van der Waals surface area contributed by atoms with Crippen LogP contribution in [0.15, 0.2) is 72.8 Å². The van der Waals surface area contributed by atoms with Gasteiger partial charge in [-0.2, -0.15) is 0 Å². The van der Waals surface area contributed by atoms with Crippen LogP contribution < -0.4 is 4.90 Å². The predicted molar refractivity (Wildman–Crippen MR) is 108 cm³/mol. The molecule has 0 fully saturated rings. The summed E-state index contributed by atoms with van der Waals surface area (Å²) in [5.74, 6) is 0.565. The number of hydrogen-bond acceptors (Lipinski definition) is 1. The number of halogens is 1. The maximum absolute atomic E-state index is 6.12. The summed E-state index contributed by atoms with van der Waals surface area (Å²) in [7, 11) is 0. The van der Waals surface area contributed by atoms with E-state index < -0.39 is 0 Å². The van der Waals surface area contributed by atoms with Gasteiger partial charge in [0, 0.05) is 24.7 Å². The standard InChI is InChI=1S/C23H24ClN/c1-18-13-22(14-19(2)23(18)15-24)25(16-20-9-5-3-6-10-20)17-21-11-7-4-8-12-21/h3-14H,15-17H2,1-2H3. The molecule has 0 aromatic heterocycles. The number of rotatable bonds is 6. The van der Waals surface area contributed by atoms with E-state index in [1.807, 2.05) is 0 Å². The van der Waals surface area contributed by atoms with Crippen LogP contribution in [0, 0.1) is 13.8 Å². The Labute approximate surface area is 155 Å². The molecule has 0 bridgehead atoms. The molecule has 0 heterocycles. The SMILES string of the molecule is Cc1cc(N(Cc2ccccc2)Cc2ccccc2)cc(C)c1CCl. The summed E-state index contributed by atoms with van der Waals surface area (Å²) in [5.41, 5.74) is 7.64. The van der Waals surface area contributed by atoms with Crippen molar-refractivity contribution in [2.75, 3.05) is 4.90 Å². The quantitative estimate of drug-likeness (QED) is 0.475. The highest BCUT2D eigenvalue weighted by Crippen LogP contribution is 2.27. The van der Waals surface area contributed by atoms with Crippen molar-refractivity contribution in [3.63, 3.8) is 0 Å². The highest BCUT2D eigenvalue weighted by atomic mass is 35.5. The van der Waals surface area contributed by atoms with Crippen LogP contribution in [-0.4, -0.2) is 0 Å². The van der Waals surface area contributed by atoms with Crippen molar-refractivity contribution < 1.29 is 0 Å². The van der Waals surface area contributed by atoms with Gasteiger partial charge in [0.25, 0.3) is 0 Å².